The van der Waals surface area contributed by atoms with Crippen LogP contribution in [0.5, 0.6) is 5.75 Å². The van der Waals surface area contributed by atoms with Crippen LogP contribution in [-0.2, 0) is 16.1 Å². The Labute approximate surface area is 139 Å². The van der Waals surface area contributed by atoms with Gasteiger partial charge in [0.05, 0.1) is 0 Å². The molecule has 0 saturated carbocycles. The number of aryl methyl sites for hydroxylation is 1. The van der Waals surface area contributed by atoms with Crippen molar-refractivity contribution in [1.82, 2.24) is 5.32 Å². The Hall–Kier alpha value is -1.59. The first-order chi connectivity index (χ1) is 10.9. The molecule has 1 unspecified atom stereocenters. The standard InChI is InChI=1S/C18H29NO4/c1-5-9-18(3,17(20)21)23-16-8-7-15(12-14(16)2)13-19-10-6-11-22-4/h7-8,12,19H,5-6,9-11,13H2,1-4H3,(H,20,21). The van der Waals surface area contributed by atoms with Crippen LogP contribution in [-0.4, -0.2) is 36.9 Å². The van der Waals surface area contributed by atoms with Crippen LogP contribution in [0.15, 0.2) is 18.2 Å². The molecule has 23 heavy (non-hydrogen) atoms. The van der Waals surface area contributed by atoms with Crippen molar-refractivity contribution in [3.63, 3.8) is 0 Å². The lowest BCUT2D eigenvalue weighted by molar-refractivity contribution is -0.154. The van der Waals surface area contributed by atoms with Gasteiger partial charge < -0.3 is 19.9 Å². The highest BCUT2D eigenvalue weighted by Gasteiger charge is 2.34. The van der Waals surface area contributed by atoms with Crippen LogP contribution in [0.1, 0.15) is 44.2 Å². The number of hydrogen-bond donors (Lipinski definition) is 2. The van der Waals surface area contributed by atoms with Crippen LogP contribution in [0.2, 0.25) is 0 Å². The molecule has 0 aliphatic carbocycles. The third-order valence-electron chi connectivity index (χ3n) is 3.79. The van der Waals surface area contributed by atoms with Crippen LogP contribution in [0.4, 0.5) is 0 Å². The molecule has 0 fully saturated rings. The Bertz CT molecular complexity index is 504. The topological polar surface area (TPSA) is 67.8 Å². The smallest absolute Gasteiger partial charge is 0.347 e. The van der Waals surface area contributed by atoms with Gasteiger partial charge in [0.25, 0.3) is 0 Å². The van der Waals surface area contributed by atoms with Gasteiger partial charge in [-0.1, -0.05) is 25.5 Å². The first kappa shape index (κ1) is 19.5. The van der Waals surface area contributed by atoms with Crippen LogP contribution >= 0.6 is 0 Å². The van der Waals surface area contributed by atoms with Gasteiger partial charge in [0.2, 0.25) is 5.60 Å². The highest BCUT2D eigenvalue weighted by molar-refractivity contribution is 5.77. The predicted octanol–water partition coefficient (Wildman–Crippen LogP) is 3.14. The second kappa shape index (κ2) is 9.53. The Morgan fingerprint density at radius 1 is 1.39 bits per heavy atom. The molecule has 1 aromatic carbocycles. The third-order valence-corrected chi connectivity index (χ3v) is 3.79. The van der Waals surface area contributed by atoms with E-state index in [1.165, 1.54) is 0 Å². The third kappa shape index (κ3) is 6.20. The van der Waals surface area contributed by atoms with E-state index in [0.717, 1.165) is 43.7 Å². The van der Waals surface area contributed by atoms with E-state index >= 15 is 0 Å². The van der Waals surface area contributed by atoms with E-state index in [1.54, 1.807) is 14.0 Å². The lowest BCUT2D eigenvalue weighted by Gasteiger charge is -2.27. The van der Waals surface area contributed by atoms with Gasteiger partial charge in [-0.2, -0.15) is 0 Å². The van der Waals surface area contributed by atoms with Gasteiger partial charge in [-0.3, -0.25) is 0 Å². The Morgan fingerprint density at radius 2 is 2.13 bits per heavy atom. The molecule has 0 radical (unpaired) electrons. The molecule has 0 amide bonds. The zero-order valence-corrected chi connectivity index (χ0v) is 14.6. The number of methoxy groups -OCH3 is 1. The van der Waals surface area contributed by atoms with Crippen LogP contribution in [0.25, 0.3) is 0 Å². The van der Waals surface area contributed by atoms with Crippen molar-refractivity contribution in [2.45, 2.75) is 52.2 Å². The van der Waals surface area contributed by atoms with Gasteiger partial charge in [0.1, 0.15) is 5.75 Å². The summed E-state index contributed by atoms with van der Waals surface area (Å²) in [6, 6.07) is 5.87. The highest BCUT2D eigenvalue weighted by atomic mass is 16.5. The molecule has 0 bridgehead atoms. The highest BCUT2D eigenvalue weighted by Crippen LogP contribution is 2.27. The largest absolute Gasteiger partial charge is 0.478 e. The van der Waals surface area contributed by atoms with Crippen LogP contribution in [0, 0.1) is 6.92 Å². The summed E-state index contributed by atoms with van der Waals surface area (Å²) in [5.41, 5.74) is 0.920. The summed E-state index contributed by atoms with van der Waals surface area (Å²) < 4.78 is 10.8. The summed E-state index contributed by atoms with van der Waals surface area (Å²) in [4.78, 5) is 11.5. The van der Waals surface area contributed by atoms with E-state index in [4.69, 9.17) is 9.47 Å². The molecule has 0 spiro atoms. The number of carboxylic acids is 1. The minimum atomic E-state index is -1.18. The average Bonchev–Trinajstić information content (AvgIpc) is 2.50. The Morgan fingerprint density at radius 3 is 2.70 bits per heavy atom. The van der Waals surface area contributed by atoms with Gasteiger partial charge in [-0.05, 0) is 50.4 Å². The van der Waals surface area contributed by atoms with Crippen molar-refractivity contribution in [1.29, 1.82) is 0 Å². The van der Waals surface area contributed by atoms with Gasteiger partial charge in [-0.15, -0.1) is 0 Å². The average molecular weight is 323 g/mol. The first-order valence-corrected chi connectivity index (χ1v) is 8.14. The molecule has 5 heteroatoms. The van der Waals surface area contributed by atoms with Gasteiger partial charge in [-0.25, -0.2) is 4.79 Å². The molecule has 1 aromatic rings. The summed E-state index contributed by atoms with van der Waals surface area (Å²) in [6.07, 6.45) is 2.21. The van der Waals surface area contributed by atoms with Crippen LogP contribution in [0.3, 0.4) is 0 Å². The first-order valence-electron chi connectivity index (χ1n) is 8.14. The quantitative estimate of drug-likeness (QED) is 0.612. The fourth-order valence-electron chi connectivity index (χ4n) is 2.43. The molecule has 130 valence electrons. The summed E-state index contributed by atoms with van der Waals surface area (Å²) in [5.74, 6) is -0.297. The molecule has 2 N–H and O–H groups in total. The number of nitrogens with one attached hydrogen (secondary N) is 1. The van der Waals surface area contributed by atoms with Crippen molar-refractivity contribution in [3.8, 4) is 5.75 Å². The van der Waals surface area contributed by atoms with E-state index < -0.39 is 11.6 Å². The molecule has 0 heterocycles. The maximum atomic E-state index is 11.5. The molecule has 0 aliphatic heterocycles. The van der Waals surface area contributed by atoms with E-state index in [2.05, 4.69) is 5.32 Å². The fourth-order valence-corrected chi connectivity index (χ4v) is 2.43. The van der Waals surface area contributed by atoms with Crippen molar-refractivity contribution in [2.24, 2.45) is 0 Å². The van der Waals surface area contributed by atoms with Crippen molar-refractivity contribution in [2.75, 3.05) is 20.3 Å². The molecule has 0 saturated heterocycles. The number of aliphatic carboxylic acids is 1. The molecular formula is C18H29NO4. The Kier molecular flexibility index (Phi) is 8.06. The van der Waals surface area contributed by atoms with Gasteiger partial charge in [0, 0.05) is 20.3 Å². The molecule has 0 aromatic heterocycles. The minimum Gasteiger partial charge on any atom is -0.478 e. The number of carboxylic acid groups (broad SMARTS) is 1. The van der Waals surface area contributed by atoms with E-state index in [9.17, 15) is 9.90 Å². The molecular weight excluding hydrogens is 294 g/mol. The van der Waals surface area contributed by atoms with Gasteiger partial charge >= 0.3 is 5.97 Å². The fraction of sp³-hybridized carbons (Fsp3) is 0.611. The molecule has 1 rings (SSSR count). The van der Waals surface area contributed by atoms with Crippen molar-refractivity contribution < 1.29 is 19.4 Å². The summed E-state index contributed by atoms with van der Waals surface area (Å²) in [5, 5.41) is 12.8. The maximum Gasteiger partial charge on any atom is 0.347 e. The van der Waals surface area contributed by atoms with Gasteiger partial charge in [0.15, 0.2) is 0 Å². The Balaban J connectivity index is 2.67. The number of rotatable bonds is 11. The van der Waals surface area contributed by atoms with Crippen molar-refractivity contribution in [3.05, 3.63) is 29.3 Å². The second-order valence-corrected chi connectivity index (χ2v) is 6.01. The lowest BCUT2D eigenvalue weighted by atomic mass is 10.00. The number of benzene rings is 1. The summed E-state index contributed by atoms with van der Waals surface area (Å²) >= 11 is 0. The maximum absolute atomic E-state index is 11.5. The summed E-state index contributed by atoms with van der Waals surface area (Å²) in [7, 11) is 1.70. The predicted molar refractivity (Wildman–Crippen MR) is 91.0 cm³/mol. The minimum absolute atomic E-state index is 0.477. The van der Waals surface area contributed by atoms with E-state index in [-0.39, 0.29) is 0 Å². The molecule has 0 aliphatic rings. The molecule has 5 nitrogen and oxygen atoms in total. The van der Waals surface area contributed by atoms with E-state index in [1.807, 2.05) is 32.0 Å². The van der Waals surface area contributed by atoms with Crippen molar-refractivity contribution >= 4 is 5.97 Å². The zero-order valence-electron chi connectivity index (χ0n) is 14.6. The number of hydrogen-bond acceptors (Lipinski definition) is 4. The number of ether oxygens (including phenoxy) is 2. The van der Waals surface area contributed by atoms with E-state index in [0.29, 0.717) is 12.2 Å². The van der Waals surface area contributed by atoms with Crippen LogP contribution < -0.4 is 10.1 Å². The second-order valence-electron chi connectivity index (χ2n) is 6.01. The lowest BCUT2D eigenvalue weighted by Crippen LogP contribution is -2.41. The molecule has 1 atom stereocenters. The SMILES string of the molecule is CCCC(C)(Oc1ccc(CNCCCOC)cc1C)C(=O)O. The zero-order chi connectivity index (χ0) is 17.3. The summed E-state index contributed by atoms with van der Waals surface area (Å²) in [6.45, 7) is 7.95. The normalized spacial score (nSPS) is 13.6. The number of carbonyl (C=O) groups is 1. The monoisotopic (exact) mass is 323 g/mol.